The summed E-state index contributed by atoms with van der Waals surface area (Å²) < 4.78 is 13.1. The molecule has 1 fully saturated rings. The van der Waals surface area contributed by atoms with Gasteiger partial charge in [0.05, 0.1) is 0 Å². The minimum Gasteiger partial charge on any atom is -0.345 e. The molecule has 1 unspecified atom stereocenters. The molecule has 1 aromatic carbocycles. The fourth-order valence-corrected chi connectivity index (χ4v) is 3.28. The minimum absolute atomic E-state index is 0.0140. The van der Waals surface area contributed by atoms with Crippen LogP contribution in [0.2, 0.25) is 0 Å². The van der Waals surface area contributed by atoms with Crippen LogP contribution in [0, 0.1) is 19.7 Å². The molecule has 0 N–H and O–H groups in total. The molecule has 24 heavy (non-hydrogen) atoms. The predicted octanol–water partition coefficient (Wildman–Crippen LogP) is 3.47. The molecule has 1 saturated heterocycles. The number of hydrogen-bond acceptors (Lipinski definition) is 3. The molecular weight excluding hydrogens is 305 g/mol. The summed E-state index contributed by atoms with van der Waals surface area (Å²) in [5, 5.41) is 0. The monoisotopic (exact) mass is 327 g/mol. The number of aryl methyl sites for hydroxylation is 2. The first-order valence-electron chi connectivity index (χ1n) is 8.21. The van der Waals surface area contributed by atoms with E-state index >= 15 is 0 Å². The molecule has 0 aliphatic carbocycles. The highest BCUT2D eigenvalue weighted by Gasteiger charge is 2.34. The van der Waals surface area contributed by atoms with Crippen LogP contribution in [-0.2, 0) is 4.79 Å². The second-order valence-electron chi connectivity index (χ2n) is 6.37. The van der Waals surface area contributed by atoms with Crippen molar-refractivity contribution >= 4 is 17.4 Å². The largest absolute Gasteiger partial charge is 0.345 e. The van der Waals surface area contributed by atoms with Gasteiger partial charge in [0.2, 0.25) is 5.91 Å². The molecule has 4 nitrogen and oxygen atoms in total. The van der Waals surface area contributed by atoms with Crippen LogP contribution >= 0.6 is 0 Å². The standard InChI is InChI=1S/C19H22FN3O/c1-13-11-14(2)21-18(12-13)23-10-4-5-17(23)19(24)22(3)16-8-6-15(20)7-9-16/h6-9,11-12,17H,4-5,10H2,1-3H3. The van der Waals surface area contributed by atoms with Gasteiger partial charge >= 0.3 is 0 Å². The van der Waals surface area contributed by atoms with Gasteiger partial charge in [0.15, 0.2) is 0 Å². The van der Waals surface area contributed by atoms with E-state index in [0.29, 0.717) is 5.69 Å². The van der Waals surface area contributed by atoms with Crippen molar-refractivity contribution in [2.24, 2.45) is 0 Å². The van der Waals surface area contributed by atoms with Crippen LogP contribution < -0.4 is 9.80 Å². The number of benzene rings is 1. The lowest BCUT2D eigenvalue weighted by Crippen LogP contribution is -2.44. The molecule has 126 valence electrons. The number of anilines is 2. The third-order valence-corrected chi connectivity index (χ3v) is 4.46. The third kappa shape index (κ3) is 3.25. The number of carbonyl (C=O) groups excluding carboxylic acids is 1. The Morgan fingerprint density at radius 3 is 2.62 bits per heavy atom. The van der Waals surface area contributed by atoms with Crippen molar-refractivity contribution in [3.8, 4) is 0 Å². The summed E-state index contributed by atoms with van der Waals surface area (Å²) >= 11 is 0. The van der Waals surface area contributed by atoms with Crippen molar-refractivity contribution < 1.29 is 9.18 Å². The average molecular weight is 327 g/mol. The number of nitrogens with zero attached hydrogens (tertiary/aromatic N) is 3. The summed E-state index contributed by atoms with van der Waals surface area (Å²) in [6.45, 7) is 4.83. The van der Waals surface area contributed by atoms with E-state index in [1.165, 1.54) is 12.1 Å². The third-order valence-electron chi connectivity index (χ3n) is 4.46. The van der Waals surface area contributed by atoms with Crippen LogP contribution in [-0.4, -0.2) is 30.5 Å². The first-order valence-corrected chi connectivity index (χ1v) is 8.21. The molecule has 1 atom stereocenters. The molecule has 1 aromatic heterocycles. The van der Waals surface area contributed by atoms with Crippen LogP contribution in [0.5, 0.6) is 0 Å². The van der Waals surface area contributed by atoms with Crippen molar-refractivity contribution in [1.82, 2.24) is 4.98 Å². The van der Waals surface area contributed by atoms with Crippen molar-refractivity contribution in [3.63, 3.8) is 0 Å². The second kappa shape index (κ2) is 6.59. The number of carbonyl (C=O) groups is 1. The lowest BCUT2D eigenvalue weighted by molar-refractivity contribution is -0.119. The Bertz CT molecular complexity index is 725. The number of hydrogen-bond donors (Lipinski definition) is 0. The highest BCUT2D eigenvalue weighted by Crippen LogP contribution is 2.27. The topological polar surface area (TPSA) is 36.4 Å². The summed E-state index contributed by atoms with van der Waals surface area (Å²) in [5.74, 6) is 0.567. The lowest BCUT2D eigenvalue weighted by atomic mass is 10.1. The highest BCUT2D eigenvalue weighted by molar-refractivity contribution is 5.98. The van der Waals surface area contributed by atoms with Gasteiger partial charge in [0.1, 0.15) is 17.7 Å². The molecular formula is C19H22FN3O. The number of likely N-dealkylation sites (N-methyl/N-ethyl adjacent to an activating group) is 1. The first kappa shape index (κ1) is 16.4. The Morgan fingerprint density at radius 1 is 1.25 bits per heavy atom. The maximum Gasteiger partial charge on any atom is 0.249 e. The molecule has 0 spiro atoms. The van der Waals surface area contributed by atoms with Crippen LogP contribution in [0.3, 0.4) is 0 Å². The Kier molecular flexibility index (Phi) is 4.51. The van der Waals surface area contributed by atoms with Gasteiger partial charge in [-0.15, -0.1) is 0 Å². The molecule has 1 aliphatic rings. The maximum absolute atomic E-state index is 13.1. The Hall–Kier alpha value is -2.43. The molecule has 3 rings (SSSR count). The van der Waals surface area contributed by atoms with E-state index in [4.69, 9.17) is 0 Å². The van der Waals surface area contributed by atoms with Gasteiger partial charge in [0, 0.05) is 25.0 Å². The van der Waals surface area contributed by atoms with E-state index in [0.717, 1.165) is 36.5 Å². The average Bonchev–Trinajstić information content (AvgIpc) is 3.03. The van der Waals surface area contributed by atoms with Crippen LogP contribution in [0.15, 0.2) is 36.4 Å². The van der Waals surface area contributed by atoms with Crippen molar-refractivity contribution in [2.75, 3.05) is 23.4 Å². The zero-order valence-corrected chi connectivity index (χ0v) is 14.3. The summed E-state index contributed by atoms with van der Waals surface area (Å²) in [5.41, 5.74) is 2.79. The Balaban J connectivity index is 1.84. The van der Waals surface area contributed by atoms with Gasteiger partial charge < -0.3 is 9.80 Å². The van der Waals surface area contributed by atoms with Gasteiger partial charge in [-0.1, -0.05) is 0 Å². The van der Waals surface area contributed by atoms with Crippen LogP contribution in [0.1, 0.15) is 24.1 Å². The Morgan fingerprint density at radius 2 is 1.96 bits per heavy atom. The molecule has 1 amide bonds. The zero-order chi connectivity index (χ0) is 17.3. The van der Waals surface area contributed by atoms with Gasteiger partial charge in [-0.3, -0.25) is 4.79 Å². The molecule has 2 heterocycles. The number of pyridine rings is 1. The van der Waals surface area contributed by atoms with Gasteiger partial charge in [0.25, 0.3) is 0 Å². The number of rotatable bonds is 3. The zero-order valence-electron chi connectivity index (χ0n) is 14.3. The van der Waals surface area contributed by atoms with Gasteiger partial charge in [-0.05, 0) is 68.7 Å². The maximum atomic E-state index is 13.1. The van der Waals surface area contributed by atoms with E-state index in [1.807, 2.05) is 26.0 Å². The second-order valence-corrected chi connectivity index (χ2v) is 6.37. The quantitative estimate of drug-likeness (QED) is 0.866. The van der Waals surface area contributed by atoms with Crippen molar-refractivity contribution in [1.29, 1.82) is 0 Å². The van der Waals surface area contributed by atoms with Crippen LogP contribution in [0.4, 0.5) is 15.9 Å². The van der Waals surface area contributed by atoms with Crippen LogP contribution in [0.25, 0.3) is 0 Å². The number of amides is 1. The number of halogens is 1. The van der Waals surface area contributed by atoms with E-state index < -0.39 is 0 Å². The van der Waals surface area contributed by atoms with Crippen molar-refractivity contribution in [2.45, 2.75) is 32.7 Å². The van der Waals surface area contributed by atoms with E-state index in [1.54, 1.807) is 24.1 Å². The highest BCUT2D eigenvalue weighted by atomic mass is 19.1. The Labute approximate surface area is 141 Å². The first-order chi connectivity index (χ1) is 11.5. The summed E-state index contributed by atoms with van der Waals surface area (Å²) in [4.78, 5) is 21.2. The van der Waals surface area contributed by atoms with Crippen molar-refractivity contribution in [3.05, 3.63) is 53.5 Å². The molecule has 5 heteroatoms. The lowest BCUT2D eigenvalue weighted by Gasteiger charge is -2.29. The molecule has 0 bridgehead atoms. The SMILES string of the molecule is Cc1cc(C)nc(N2CCCC2C(=O)N(C)c2ccc(F)cc2)c1. The summed E-state index contributed by atoms with van der Waals surface area (Å²) in [7, 11) is 1.74. The fraction of sp³-hybridized carbons (Fsp3) is 0.368. The number of aromatic nitrogens is 1. The smallest absolute Gasteiger partial charge is 0.249 e. The van der Waals surface area contributed by atoms with E-state index in [9.17, 15) is 9.18 Å². The molecule has 2 aromatic rings. The van der Waals surface area contributed by atoms with E-state index in [-0.39, 0.29) is 17.8 Å². The van der Waals surface area contributed by atoms with E-state index in [2.05, 4.69) is 9.88 Å². The molecule has 1 aliphatic heterocycles. The molecule has 0 saturated carbocycles. The molecule has 0 radical (unpaired) electrons. The minimum atomic E-state index is -0.304. The van der Waals surface area contributed by atoms with Gasteiger partial charge in [-0.2, -0.15) is 0 Å². The fourth-order valence-electron chi connectivity index (χ4n) is 3.28. The summed E-state index contributed by atoms with van der Waals surface area (Å²) in [6, 6.07) is 9.82. The summed E-state index contributed by atoms with van der Waals surface area (Å²) in [6.07, 6.45) is 1.77. The normalized spacial score (nSPS) is 17.2. The predicted molar refractivity (Wildman–Crippen MR) is 93.9 cm³/mol. The van der Waals surface area contributed by atoms with Gasteiger partial charge in [-0.25, -0.2) is 9.37 Å².